The number of aromatic nitrogens is 1. The van der Waals surface area contributed by atoms with Gasteiger partial charge in [0, 0.05) is 10.4 Å². The molecule has 0 bridgehead atoms. The van der Waals surface area contributed by atoms with E-state index in [-0.39, 0.29) is 5.97 Å². The maximum Gasteiger partial charge on any atom is 0.357 e. The lowest BCUT2D eigenvalue weighted by atomic mass is 10.1. The summed E-state index contributed by atoms with van der Waals surface area (Å²) in [6.45, 7) is 6.03. The molecule has 2 rings (SSSR count). The highest BCUT2D eigenvalue weighted by molar-refractivity contribution is 7.15. The minimum absolute atomic E-state index is 0.376. The number of esters is 1. The van der Waals surface area contributed by atoms with Gasteiger partial charge in [0.1, 0.15) is 5.01 Å². The van der Waals surface area contributed by atoms with Crippen molar-refractivity contribution in [3.05, 3.63) is 39.9 Å². The molecule has 1 heterocycles. The van der Waals surface area contributed by atoms with Crippen LogP contribution in [0.2, 0.25) is 0 Å². The molecule has 0 atom stereocenters. The summed E-state index contributed by atoms with van der Waals surface area (Å²) in [4.78, 5) is 16.8. The molecule has 0 saturated carbocycles. The molecule has 0 spiro atoms. The number of methoxy groups -OCH3 is 1. The fourth-order valence-corrected chi connectivity index (χ4v) is 2.58. The zero-order valence-corrected chi connectivity index (χ0v) is 11.7. The zero-order valence-electron chi connectivity index (χ0n) is 10.9. The van der Waals surface area contributed by atoms with E-state index in [0.29, 0.717) is 5.69 Å². The summed E-state index contributed by atoms with van der Waals surface area (Å²) >= 11 is 1.51. The third-order valence-electron chi connectivity index (χ3n) is 2.93. The van der Waals surface area contributed by atoms with E-state index in [4.69, 9.17) is 4.74 Å². The molecule has 0 aliphatic heterocycles. The van der Waals surface area contributed by atoms with Crippen LogP contribution >= 0.6 is 11.3 Å². The fraction of sp³-hybridized carbons (Fsp3) is 0.286. The van der Waals surface area contributed by atoms with Crippen LogP contribution in [0.15, 0.2) is 18.2 Å². The van der Waals surface area contributed by atoms with Gasteiger partial charge in [0.05, 0.1) is 7.11 Å². The molecule has 0 N–H and O–H groups in total. The molecule has 1 aromatic heterocycles. The SMILES string of the molecule is COC(=O)c1nc(-c2ccc(C)c(C)c2)sc1C. The van der Waals surface area contributed by atoms with Crippen molar-refractivity contribution in [2.75, 3.05) is 7.11 Å². The van der Waals surface area contributed by atoms with Crippen LogP contribution in [0.5, 0.6) is 0 Å². The van der Waals surface area contributed by atoms with Gasteiger partial charge >= 0.3 is 5.97 Å². The van der Waals surface area contributed by atoms with Crippen molar-refractivity contribution in [2.45, 2.75) is 20.8 Å². The van der Waals surface area contributed by atoms with Crippen molar-refractivity contribution in [3.8, 4) is 10.6 Å². The van der Waals surface area contributed by atoms with Gasteiger partial charge in [0.2, 0.25) is 0 Å². The maximum absolute atomic E-state index is 11.5. The van der Waals surface area contributed by atoms with Crippen molar-refractivity contribution < 1.29 is 9.53 Å². The van der Waals surface area contributed by atoms with E-state index in [1.165, 1.54) is 29.6 Å². The van der Waals surface area contributed by atoms with E-state index < -0.39 is 0 Å². The summed E-state index contributed by atoms with van der Waals surface area (Å²) in [6, 6.07) is 6.19. The van der Waals surface area contributed by atoms with Gasteiger partial charge in [-0.15, -0.1) is 11.3 Å². The van der Waals surface area contributed by atoms with Crippen molar-refractivity contribution in [1.29, 1.82) is 0 Å². The lowest BCUT2D eigenvalue weighted by Gasteiger charge is -2.01. The molecule has 0 unspecified atom stereocenters. The number of hydrogen-bond donors (Lipinski definition) is 0. The van der Waals surface area contributed by atoms with Crippen LogP contribution < -0.4 is 0 Å². The quantitative estimate of drug-likeness (QED) is 0.776. The average molecular weight is 261 g/mol. The first-order chi connectivity index (χ1) is 8.52. The summed E-state index contributed by atoms with van der Waals surface area (Å²) in [5.41, 5.74) is 3.93. The lowest BCUT2D eigenvalue weighted by molar-refractivity contribution is 0.0594. The van der Waals surface area contributed by atoms with Crippen molar-refractivity contribution >= 4 is 17.3 Å². The number of ether oxygens (including phenoxy) is 1. The van der Waals surface area contributed by atoms with E-state index in [0.717, 1.165) is 15.4 Å². The van der Waals surface area contributed by atoms with Gasteiger partial charge in [-0.1, -0.05) is 12.1 Å². The Balaban J connectivity index is 2.45. The van der Waals surface area contributed by atoms with Gasteiger partial charge in [-0.25, -0.2) is 9.78 Å². The first-order valence-electron chi connectivity index (χ1n) is 5.66. The number of nitrogens with zero attached hydrogens (tertiary/aromatic N) is 1. The van der Waals surface area contributed by atoms with Crippen molar-refractivity contribution in [2.24, 2.45) is 0 Å². The smallest absolute Gasteiger partial charge is 0.357 e. The van der Waals surface area contributed by atoms with Crippen LogP contribution in [0.4, 0.5) is 0 Å². The fourth-order valence-electron chi connectivity index (χ4n) is 1.68. The number of carbonyl (C=O) groups is 1. The average Bonchev–Trinajstić information content (AvgIpc) is 2.74. The molecular formula is C14H15NO2S. The first kappa shape index (κ1) is 12.8. The normalized spacial score (nSPS) is 10.4. The Labute approximate surface area is 110 Å². The maximum atomic E-state index is 11.5. The summed E-state index contributed by atoms with van der Waals surface area (Å²) in [7, 11) is 1.37. The lowest BCUT2D eigenvalue weighted by Crippen LogP contribution is -2.03. The number of thiazole rings is 1. The second-order valence-electron chi connectivity index (χ2n) is 4.21. The van der Waals surface area contributed by atoms with Crippen molar-refractivity contribution in [1.82, 2.24) is 4.98 Å². The van der Waals surface area contributed by atoms with Crippen LogP contribution in [0.3, 0.4) is 0 Å². The van der Waals surface area contributed by atoms with E-state index in [9.17, 15) is 4.79 Å². The highest BCUT2D eigenvalue weighted by Crippen LogP contribution is 2.29. The molecule has 0 saturated heterocycles. The second-order valence-corrected chi connectivity index (χ2v) is 5.42. The van der Waals surface area contributed by atoms with E-state index in [1.807, 2.05) is 13.0 Å². The minimum Gasteiger partial charge on any atom is -0.464 e. The molecule has 94 valence electrons. The Hall–Kier alpha value is -1.68. The molecule has 0 aliphatic rings. The van der Waals surface area contributed by atoms with E-state index in [1.54, 1.807) is 0 Å². The predicted octanol–water partition coefficient (Wildman–Crippen LogP) is 3.52. The largest absolute Gasteiger partial charge is 0.464 e. The second kappa shape index (κ2) is 4.90. The van der Waals surface area contributed by atoms with Crippen LogP contribution in [0.1, 0.15) is 26.5 Å². The Morgan fingerprint density at radius 3 is 2.56 bits per heavy atom. The highest BCUT2D eigenvalue weighted by Gasteiger charge is 2.16. The third-order valence-corrected chi connectivity index (χ3v) is 3.95. The molecule has 0 radical (unpaired) electrons. The standard InChI is InChI=1S/C14H15NO2S/c1-8-5-6-11(7-9(8)2)13-15-12(10(3)18-13)14(16)17-4/h5-7H,1-4H3. The molecule has 4 heteroatoms. The Morgan fingerprint density at radius 2 is 1.94 bits per heavy atom. The summed E-state index contributed by atoms with van der Waals surface area (Å²) in [6.07, 6.45) is 0. The predicted molar refractivity (Wildman–Crippen MR) is 73.1 cm³/mol. The zero-order chi connectivity index (χ0) is 13.3. The van der Waals surface area contributed by atoms with Crippen molar-refractivity contribution in [3.63, 3.8) is 0 Å². The first-order valence-corrected chi connectivity index (χ1v) is 6.48. The molecule has 0 fully saturated rings. The topological polar surface area (TPSA) is 39.2 Å². The molecule has 18 heavy (non-hydrogen) atoms. The number of hydrogen-bond acceptors (Lipinski definition) is 4. The van der Waals surface area contributed by atoms with Crippen LogP contribution in [0.25, 0.3) is 10.6 Å². The van der Waals surface area contributed by atoms with Crippen LogP contribution in [-0.4, -0.2) is 18.1 Å². The Morgan fingerprint density at radius 1 is 1.22 bits per heavy atom. The number of rotatable bonds is 2. The van der Waals surface area contributed by atoms with Gasteiger partial charge in [0.15, 0.2) is 5.69 Å². The summed E-state index contributed by atoms with van der Waals surface area (Å²) < 4.78 is 4.71. The Bertz CT molecular complexity index is 602. The van der Waals surface area contributed by atoms with Gasteiger partial charge in [-0.05, 0) is 38.0 Å². The molecule has 2 aromatic rings. The van der Waals surface area contributed by atoms with Gasteiger partial charge in [-0.2, -0.15) is 0 Å². The van der Waals surface area contributed by atoms with Crippen LogP contribution in [0, 0.1) is 20.8 Å². The van der Waals surface area contributed by atoms with E-state index in [2.05, 4.69) is 31.0 Å². The molecule has 0 aliphatic carbocycles. The van der Waals surface area contributed by atoms with Gasteiger partial charge in [-0.3, -0.25) is 0 Å². The highest BCUT2D eigenvalue weighted by atomic mass is 32.1. The van der Waals surface area contributed by atoms with E-state index >= 15 is 0 Å². The number of aryl methyl sites for hydroxylation is 3. The number of carbonyl (C=O) groups excluding carboxylic acids is 1. The summed E-state index contributed by atoms with van der Waals surface area (Å²) in [5.74, 6) is -0.376. The number of benzene rings is 1. The summed E-state index contributed by atoms with van der Waals surface area (Å²) in [5, 5.41) is 0.857. The third kappa shape index (κ3) is 2.29. The molecule has 1 aromatic carbocycles. The van der Waals surface area contributed by atoms with Gasteiger partial charge < -0.3 is 4.74 Å². The monoisotopic (exact) mass is 261 g/mol. The molecule has 0 amide bonds. The molecule has 3 nitrogen and oxygen atoms in total. The minimum atomic E-state index is -0.376. The molecular weight excluding hydrogens is 246 g/mol. The van der Waals surface area contributed by atoms with Gasteiger partial charge in [0.25, 0.3) is 0 Å². The van der Waals surface area contributed by atoms with Crippen LogP contribution in [-0.2, 0) is 4.74 Å². The Kier molecular flexibility index (Phi) is 3.48.